The fraction of sp³-hybridized carbons (Fsp3) is 0.611. The zero-order chi connectivity index (χ0) is 16.9. The van der Waals surface area contributed by atoms with Crippen molar-refractivity contribution in [1.29, 1.82) is 0 Å². The third-order valence-electron chi connectivity index (χ3n) is 5.10. The molecule has 1 aromatic carbocycles. The van der Waals surface area contributed by atoms with Gasteiger partial charge in [0.15, 0.2) is 0 Å². The summed E-state index contributed by atoms with van der Waals surface area (Å²) in [5.74, 6) is -0.216. The van der Waals surface area contributed by atoms with Gasteiger partial charge in [0.25, 0.3) is 0 Å². The van der Waals surface area contributed by atoms with Crippen LogP contribution in [0.3, 0.4) is 0 Å². The fourth-order valence-electron chi connectivity index (χ4n) is 3.78. The van der Waals surface area contributed by atoms with Gasteiger partial charge in [-0.05, 0) is 17.5 Å². The number of fused-ring (bicyclic) bond motifs is 1. The summed E-state index contributed by atoms with van der Waals surface area (Å²) in [4.78, 5) is 13.6. The van der Waals surface area contributed by atoms with Crippen molar-refractivity contribution < 1.29 is 14.4 Å². The van der Waals surface area contributed by atoms with E-state index in [1.807, 2.05) is 18.2 Å². The van der Waals surface area contributed by atoms with Crippen LogP contribution in [0.5, 0.6) is 0 Å². The summed E-state index contributed by atoms with van der Waals surface area (Å²) in [5.41, 5.74) is 2.30. The number of ether oxygens (including phenoxy) is 1. The Hall–Kier alpha value is -0.810. The van der Waals surface area contributed by atoms with Crippen molar-refractivity contribution in [2.75, 3.05) is 39.4 Å². The van der Waals surface area contributed by atoms with Crippen LogP contribution in [0.4, 0.5) is 0 Å². The van der Waals surface area contributed by atoms with Crippen LogP contribution < -0.4 is 10.2 Å². The van der Waals surface area contributed by atoms with Gasteiger partial charge in [0, 0.05) is 18.9 Å². The molecular formula is C18H25Cl2N2O2+. The molecule has 1 fully saturated rings. The number of halogens is 2. The number of alkyl halides is 2. The van der Waals surface area contributed by atoms with Gasteiger partial charge in [0.1, 0.15) is 17.9 Å². The first-order chi connectivity index (χ1) is 11.7. The summed E-state index contributed by atoms with van der Waals surface area (Å²) in [7, 11) is 0. The van der Waals surface area contributed by atoms with E-state index in [1.54, 1.807) is 4.90 Å². The second-order valence-electron chi connectivity index (χ2n) is 6.63. The third kappa shape index (κ3) is 4.23. The summed E-state index contributed by atoms with van der Waals surface area (Å²) >= 11 is 12.4. The lowest BCUT2D eigenvalue weighted by Crippen LogP contribution is -3.14. The Kier molecular flexibility index (Phi) is 6.39. The number of benzene rings is 1. The fourth-order valence-corrected chi connectivity index (χ4v) is 4.41. The van der Waals surface area contributed by atoms with Crippen LogP contribution in [-0.4, -0.2) is 50.1 Å². The zero-order valence-electron chi connectivity index (χ0n) is 13.8. The van der Waals surface area contributed by atoms with Gasteiger partial charge in [0.05, 0.1) is 25.7 Å². The number of amides is 1. The molecule has 0 saturated carbocycles. The zero-order valence-corrected chi connectivity index (χ0v) is 15.3. The van der Waals surface area contributed by atoms with E-state index >= 15 is 0 Å². The molecule has 0 aromatic heterocycles. The van der Waals surface area contributed by atoms with Gasteiger partial charge in [-0.2, -0.15) is 0 Å². The number of carbonyl (C=O) groups is 1. The van der Waals surface area contributed by atoms with Crippen LogP contribution >= 0.6 is 23.2 Å². The Labute approximate surface area is 153 Å². The van der Waals surface area contributed by atoms with Crippen LogP contribution in [0.15, 0.2) is 24.3 Å². The van der Waals surface area contributed by atoms with Gasteiger partial charge < -0.3 is 15.0 Å². The minimum absolute atomic E-state index is 0.0690. The Bertz CT molecular complexity index is 562. The highest BCUT2D eigenvalue weighted by Crippen LogP contribution is 2.43. The van der Waals surface area contributed by atoms with Gasteiger partial charge >= 0.3 is 0 Å². The Morgan fingerprint density at radius 1 is 1.29 bits per heavy atom. The molecule has 2 N–H and O–H groups in total. The number of quaternary nitrogens is 1. The molecule has 1 aliphatic heterocycles. The standard InChI is InChI=1S/C18H24Cl2N2O2/c19-17(20)16-14-5-2-1-4-13(14)12-15(16)18(23)21-6-3-7-22-8-10-24-11-9-22/h1-2,4-5,15-17H,3,6-12H2,(H,21,23)/p+1/t15-,16-/m1/s1. The van der Waals surface area contributed by atoms with Gasteiger partial charge in [-0.15, -0.1) is 23.2 Å². The van der Waals surface area contributed by atoms with E-state index in [9.17, 15) is 4.79 Å². The molecule has 132 valence electrons. The van der Waals surface area contributed by atoms with E-state index in [0.717, 1.165) is 51.3 Å². The first-order valence-electron chi connectivity index (χ1n) is 8.72. The second kappa shape index (κ2) is 8.52. The molecule has 1 amide bonds. The van der Waals surface area contributed by atoms with Crippen molar-refractivity contribution in [3.63, 3.8) is 0 Å². The maximum Gasteiger partial charge on any atom is 0.224 e. The van der Waals surface area contributed by atoms with Crippen molar-refractivity contribution in [3.05, 3.63) is 35.4 Å². The minimum atomic E-state index is -0.567. The lowest BCUT2D eigenvalue weighted by molar-refractivity contribution is -0.908. The molecule has 0 unspecified atom stereocenters. The molecule has 2 atom stereocenters. The van der Waals surface area contributed by atoms with Crippen molar-refractivity contribution >= 4 is 29.1 Å². The number of carbonyl (C=O) groups excluding carboxylic acids is 1. The van der Waals surface area contributed by atoms with Crippen molar-refractivity contribution in [1.82, 2.24) is 5.32 Å². The highest BCUT2D eigenvalue weighted by molar-refractivity contribution is 6.45. The predicted octanol–water partition coefficient (Wildman–Crippen LogP) is 1.17. The second-order valence-corrected chi connectivity index (χ2v) is 7.79. The van der Waals surface area contributed by atoms with E-state index in [-0.39, 0.29) is 17.7 Å². The summed E-state index contributed by atoms with van der Waals surface area (Å²) in [6.07, 6.45) is 1.70. The lowest BCUT2D eigenvalue weighted by atomic mass is 9.93. The summed E-state index contributed by atoms with van der Waals surface area (Å²) < 4.78 is 5.36. The lowest BCUT2D eigenvalue weighted by Gasteiger charge is -2.24. The topological polar surface area (TPSA) is 42.8 Å². The van der Waals surface area contributed by atoms with Crippen molar-refractivity contribution in [2.24, 2.45) is 5.92 Å². The molecule has 1 saturated heterocycles. The molecule has 1 aromatic rings. The molecule has 2 aliphatic rings. The van der Waals surface area contributed by atoms with Gasteiger partial charge in [-0.1, -0.05) is 24.3 Å². The largest absolute Gasteiger partial charge is 0.370 e. The SMILES string of the molecule is O=C(NCCC[NH+]1CCOCC1)[C@@H]1Cc2ccccc2[C@H]1C(Cl)Cl. The third-order valence-corrected chi connectivity index (χ3v) is 5.64. The number of nitrogens with one attached hydrogen (secondary N) is 2. The Balaban J connectivity index is 1.49. The molecule has 3 rings (SSSR count). The molecule has 0 radical (unpaired) electrons. The first-order valence-corrected chi connectivity index (χ1v) is 9.59. The van der Waals surface area contributed by atoms with Crippen LogP contribution in [0.1, 0.15) is 23.5 Å². The maximum atomic E-state index is 12.6. The van der Waals surface area contributed by atoms with Gasteiger partial charge in [-0.3, -0.25) is 4.79 Å². The van der Waals surface area contributed by atoms with E-state index in [2.05, 4.69) is 11.4 Å². The Morgan fingerprint density at radius 3 is 2.79 bits per heavy atom. The average molecular weight is 372 g/mol. The van der Waals surface area contributed by atoms with E-state index < -0.39 is 4.84 Å². The smallest absolute Gasteiger partial charge is 0.224 e. The molecule has 1 aliphatic carbocycles. The van der Waals surface area contributed by atoms with Crippen LogP contribution in [0.2, 0.25) is 0 Å². The molecule has 1 heterocycles. The number of morpholine rings is 1. The quantitative estimate of drug-likeness (QED) is 0.582. The highest BCUT2D eigenvalue weighted by Gasteiger charge is 2.40. The molecular weight excluding hydrogens is 347 g/mol. The maximum absolute atomic E-state index is 12.6. The van der Waals surface area contributed by atoms with Crippen LogP contribution in [0.25, 0.3) is 0 Å². The summed E-state index contributed by atoms with van der Waals surface area (Å²) in [6, 6.07) is 8.08. The molecule has 0 bridgehead atoms. The molecule has 24 heavy (non-hydrogen) atoms. The van der Waals surface area contributed by atoms with Crippen molar-refractivity contribution in [2.45, 2.75) is 23.6 Å². The number of hydrogen-bond donors (Lipinski definition) is 2. The summed E-state index contributed by atoms with van der Waals surface area (Å²) in [6.45, 7) is 5.60. The monoisotopic (exact) mass is 371 g/mol. The highest BCUT2D eigenvalue weighted by atomic mass is 35.5. The van der Waals surface area contributed by atoms with Crippen LogP contribution in [0, 0.1) is 5.92 Å². The molecule has 4 nitrogen and oxygen atoms in total. The van der Waals surface area contributed by atoms with E-state index in [0.29, 0.717) is 6.54 Å². The predicted molar refractivity (Wildman–Crippen MR) is 95.9 cm³/mol. The van der Waals surface area contributed by atoms with Gasteiger partial charge in [-0.25, -0.2) is 0 Å². The van der Waals surface area contributed by atoms with Crippen LogP contribution in [-0.2, 0) is 16.0 Å². The number of hydrogen-bond acceptors (Lipinski definition) is 2. The minimum Gasteiger partial charge on any atom is -0.370 e. The number of rotatable bonds is 6. The summed E-state index contributed by atoms with van der Waals surface area (Å²) in [5, 5.41) is 3.08. The Morgan fingerprint density at radius 2 is 2.04 bits per heavy atom. The van der Waals surface area contributed by atoms with Crippen molar-refractivity contribution in [3.8, 4) is 0 Å². The average Bonchev–Trinajstić information content (AvgIpc) is 2.99. The first kappa shape index (κ1) is 18.0. The van der Waals surface area contributed by atoms with E-state index in [1.165, 1.54) is 5.56 Å². The molecule has 0 spiro atoms. The normalized spacial score (nSPS) is 24.1. The van der Waals surface area contributed by atoms with E-state index in [4.69, 9.17) is 27.9 Å². The van der Waals surface area contributed by atoms with Gasteiger partial charge in [0.2, 0.25) is 5.91 Å². The molecule has 6 heteroatoms.